The summed E-state index contributed by atoms with van der Waals surface area (Å²) in [7, 11) is 0. The molecule has 3 rings (SSSR count). The van der Waals surface area contributed by atoms with Crippen molar-refractivity contribution in [3.63, 3.8) is 0 Å². The number of benzene rings is 1. The van der Waals surface area contributed by atoms with E-state index in [9.17, 15) is 9.59 Å². The molecule has 1 aromatic carbocycles. The van der Waals surface area contributed by atoms with E-state index in [1.54, 1.807) is 24.5 Å². The summed E-state index contributed by atoms with van der Waals surface area (Å²) >= 11 is 0. The van der Waals surface area contributed by atoms with Crippen LogP contribution in [0.4, 0.5) is 0 Å². The molecule has 0 aliphatic rings. The Morgan fingerprint density at radius 1 is 1.17 bits per heavy atom. The third-order valence-corrected chi connectivity index (χ3v) is 4.01. The highest BCUT2D eigenvalue weighted by molar-refractivity contribution is 5.93. The Labute approximate surface area is 139 Å². The fraction of sp³-hybridized carbons (Fsp3) is 0.211. The quantitative estimate of drug-likeness (QED) is 0.775. The zero-order valence-electron chi connectivity index (χ0n) is 13.7. The number of pyridine rings is 2. The molecule has 0 unspecified atom stereocenters. The van der Waals surface area contributed by atoms with E-state index in [-0.39, 0.29) is 11.5 Å². The van der Waals surface area contributed by atoms with Crippen LogP contribution in [0.25, 0.3) is 10.9 Å². The number of hydrogen-bond acceptors (Lipinski definition) is 3. The van der Waals surface area contributed by atoms with Crippen molar-refractivity contribution in [3.8, 4) is 0 Å². The molecule has 0 saturated carbocycles. The zero-order valence-corrected chi connectivity index (χ0v) is 13.7. The second-order valence-corrected chi connectivity index (χ2v) is 5.91. The Balaban J connectivity index is 1.75. The van der Waals surface area contributed by atoms with Crippen molar-refractivity contribution in [2.24, 2.45) is 0 Å². The number of nitrogens with zero attached hydrogens (tertiary/aromatic N) is 1. The maximum atomic E-state index is 12.2. The van der Waals surface area contributed by atoms with E-state index in [1.807, 2.05) is 26.0 Å². The van der Waals surface area contributed by atoms with Gasteiger partial charge >= 0.3 is 0 Å². The van der Waals surface area contributed by atoms with Crippen LogP contribution in [0.5, 0.6) is 0 Å². The Morgan fingerprint density at radius 2 is 1.92 bits per heavy atom. The first kappa shape index (κ1) is 15.9. The first-order valence-corrected chi connectivity index (χ1v) is 7.86. The monoisotopic (exact) mass is 321 g/mol. The highest BCUT2D eigenvalue weighted by atomic mass is 16.1. The highest BCUT2D eigenvalue weighted by Crippen LogP contribution is 2.18. The lowest BCUT2D eigenvalue weighted by Crippen LogP contribution is -2.27. The highest BCUT2D eigenvalue weighted by Gasteiger charge is 2.08. The second kappa shape index (κ2) is 6.66. The van der Waals surface area contributed by atoms with Crippen molar-refractivity contribution >= 4 is 16.8 Å². The number of hydrogen-bond donors (Lipinski definition) is 2. The fourth-order valence-electron chi connectivity index (χ4n) is 2.82. The van der Waals surface area contributed by atoms with Gasteiger partial charge in [0.15, 0.2) is 0 Å². The van der Waals surface area contributed by atoms with Gasteiger partial charge in [-0.3, -0.25) is 14.6 Å². The van der Waals surface area contributed by atoms with Gasteiger partial charge in [-0.1, -0.05) is 6.07 Å². The van der Waals surface area contributed by atoms with Gasteiger partial charge < -0.3 is 10.3 Å². The van der Waals surface area contributed by atoms with Gasteiger partial charge in [-0.05, 0) is 55.7 Å². The average Bonchev–Trinajstić information content (AvgIpc) is 2.56. The number of amides is 1. The van der Waals surface area contributed by atoms with Crippen LogP contribution in [-0.4, -0.2) is 22.4 Å². The standard InChI is InChI=1S/C19H19N3O2/c1-12-9-13(2)16-11-15(19(24)22-17(16)10-12)5-8-21-18(23)14-3-6-20-7-4-14/h3-4,6-7,9-11H,5,8H2,1-2H3,(H,21,23)(H,22,24). The number of nitrogens with one attached hydrogen (secondary N) is 2. The predicted molar refractivity (Wildman–Crippen MR) is 94.3 cm³/mol. The molecule has 2 N–H and O–H groups in total. The summed E-state index contributed by atoms with van der Waals surface area (Å²) in [6.07, 6.45) is 3.64. The molecule has 0 fully saturated rings. The number of rotatable bonds is 4. The van der Waals surface area contributed by atoms with Crippen molar-refractivity contribution in [2.45, 2.75) is 20.3 Å². The third-order valence-electron chi connectivity index (χ3n) is 4.01. The molecule has 2 aromatic heterocycles. The fourth-order valence-corrected chi connectivity index (χ4v) is 2.82. The van der Waals surface area contributed by atoms with Gasteiger partial charge in [0.25, 0.3) is 11.5 Å². The van der Waals surface area contributed by atoms with Gasteiger partial charge in [-0.25, -0.2) is 0 Å². The van der Waals surface area contributed by atoms with Crippen molar-refractivity contribution in [2.75, 3.05) is 6.54 Å². The van der Waals surface area contributed by atoms with Crippen LogP contribution < -0.4 is 10.9 Å². The Kier molecular flexibility index (Phi) is 4.42. The summed E-state index contributed by atoms with van der Waals surface area (Å²) in [5.41, 5.74) is 4.22. The molecule has 1 amide bonds. The third kappa shape index (κ3) is 3.35. The van der Waals surface area contributed by atoms with Crippen molar-refractivity contribution in [1.29, 1.82) is 0 Å². The lowest BCUT2D eigenvalue weighted by Gasteiger charge is -2.08. The molecule has 2 heterocycles. The maximum Gasteiger partial charge on any atom is 0.251 e. The van der Waals surface area contributed by atoms with E-state index >= 15 is 0 Å². The van der Waals surface area contributed by atoms with Gasteiger partial charge in [0, 0.05) is 41.0 Å². The van der Waals surface area contributed by atoms with Crippen LogP contribution in [-0.2, 0) is 6.42 Å². The van der Waals surface area contributed by atoms with Crippen LogP contribution in [0.1, 0.15) is 27.0 Å². The zero-order chi connectivity index (χ0) is 17.1. The number of aryl methyl sites for hydroxylation is 2. The molecule has 0 atom stereocenters. The minimum atomic E-state index is -0.165. The van der Waals surface area contributed by atoms with E-state index in [0.717, 1.165) is 22.0 Å². The summed E-state index contributed by atoms with van der Waals surface area (Å²) in [4.78, 5) is 31.0. The molecule has 5 nitrogen and oxygen atoms in total. The second-order valence-electron chi connectivity index (χ2n) is 5.91. The molecular weight excluding hydrogens is 302 g/mol. The van der Waals surface area contributed by atoms with Gasteiger partial charge in [-0.2, -0.15) is 0 Å². The molecule has 3 aromatic rings. The van der Waals surface area contributed by atoms with Gasteiger partial charge in [0.2, 0.25) is 0 Å². The molecule has 0 saturated heterocycles. The van der Waals surface area contributed by atoms with E-state index in [4.69, 9.17) is 0 Å². The minimum Gasteiger partial charge on any atom is -0.352 e. The molecule has 0 aliphatic carbocycles. The summed E-state index contributed by atoms with van der Waals surface area (Å²) < 4.78 is 0. The van der Waals surface area contributed by atoms with E-state index in [1.165, 1.54) is 0 Å². The maximum absolute atomic E-state index is 12.2. The molecule has 0 spiro atoms. The van der Waals surface area contributed by atoms with Crippen molar-refractivity contribution in [1.82, 2.24) is 15.3 Å². The summed E-state index contributed by atoms with van der Waals surface area (Å²) in [6, 6.07) is 9.30. The number of aromatic nitrogens is 2. The minimum absolute atomic E-state index is 0.106. The van der Waals surface area contributed by atoms with Gasteiger partial charge in [-0.15, -0.1) is 0 Å². The van der Waals surface area contributed by atoms with Crippen LogP contribution in [0, 0.1) is 13.8 Å². The van der Waals surface area contributed by atoms with E-state index in [0.29, 0.717) is 24.1 Å². The van der Waals surface area contributed by atoms with Crippen LogP contribution in [0.15, 0.2) is 47.5 Å². The summed E-state index contributed by atoms with van der Waals surface area (Å²) in [5.74, 6) is -0.165. The summed E-state index contributed by atoms with van der Waals surface area (Å²) in [5, 5.41) is 3.86. The van der Waals surface area contributed by atoms with Crippen LogP contribution >= 0.6 is 0 Å². The molecule has 0 aliphatic heterocycles. The van der Waals surface area contributed by atoms with Crippen LogP contribution in [0.2, 0.25) is 0 Å². The number of carbonyl (C=O) groups is 1. The largest absolute Gasteiger partial charge is 0.352 e. The number of fused-ring (bicyclic) bond motifs is 1. The first-order valence-electron chi connectivity index (χ1n) is 7.86. The topological polar surface area (TPSA) is 74.8 Å². The molecule has 0 bridgehead atoms. The molecular formula is C19H19N3O2. The molecule has 0 radical (unpaired) electrons. The first-order chi connectivity index (χ1) is 11.5. The molecule has 5 heteroatoms. The Bertz CT molecular complexity index is 946. The summed E-state index contributed by atoms with van der Waals surface area (Å²) in [6.45, 7) is 4.44. The number of aromatic amines is 1. The smallest absolute Gasteiger partial charge is 0.251 e. The van der Waals surface area contributed by atoms with E-state index < -0.39 is 0 Å². The van der Waals surface area contributed by atoms with Crippen LogP contribution in [0.3, 0.4) is 0 Å². The normalized spacial score (nSPS) is 10.8. The van der Waals surface area contributed by atoms with Gasteiger partial charge in [0.05, 0.1) is 0 Å². The van der Waals surface area contributed by atoms with Crippen molar-refractivity contribution < 1.29 is 4.79 Å². The number of carbonyl (C=O) groups excluding carboxylic acids is 1. The van der Waals surface area contributed by atoms with Crippen molar-refractivity contribution in [3.05, 3.63) is 75.3 Å². The van der Waals surface area contributed by atoms with E-state index in [2.05, 4.69) is 21.4 Å². The van der Waals surface area contributed by atoms with Gasteiger partial charge in [0.1, 0.15) is 0 Å². The SMILES string of the molecule is Cc1cc(C)c2cc(CCNC(=O)c3ccncc3)c(=O)[nH]c2c1. The molecule has 24 heavy (non-hydrogen) atoms. The lowest BCUT2D eigenvalue weighted by atomic mass is 10.0. The average molecular weight is 321 g/mol. The number of H-pyrrole nitrogens is 1. The lowest BCUT2D eigenvalue weighted by molar-refractivity contribution is 0.0954. The predicted octanol–water partition coefficient (Wildman–Crippen LogP) is 2.51. The molecule has 122 valence electrons. The Hall–Kier alpha value is -2.95. The Morgan fingerprint density at radius 3 is 2.67 bits per heavy atom.